The maximum atomic E-state index is 11.8. The molecule has 0 fully saturated rings. The van der Waals surface area contributed by atoms with Crippen molar-refractivity contribution in [1.29, 1.82) is 0 Å². The molecule has 18 heavy (non-hydrogen) atoms. The molecule has 2 unspecified atom stereocenters. The summed E-state index contributed by atoms with van der Waals surface area (Å²) in [5.41, 5.74) is 5.85. The summed E-state index contributed by atoms with van der Waals surface area (Å²) in [6.45, 7) is 6.13. The summed E-state index contributed by atoms with van der Waals surface area (Å²) in [5.74, 6) is 0.0108. The molecule has 1 aromatic rings. The largest absolute Gasteiger partial charge is 0.347 e. The molecule has 0 radical (unpaired) electrons. The first kappa shape index (κ1) is 15.1. The van der Waals surface area contributed by atoms with Crippen LogP contribution < -0.4 is 11.1 Å². The van der Waals surface area contributed by atoms with Crippen molar-refractivity contribution in [3.8, 4) is 0 Å². The van der Waals surface area contributed by atoms with Gasteiger partial charge in [-0.05, 0) is 19.8 Å². The molecule has 0 spiro atoms. The molecule has 4 nitrogen and oxygen atoms in total. The van der Waals surface area contributed by atoms with E-state index in [1.807, 2.05) is 13.1 Å². The first-order valence-corrected chi connectivity index (χ1v) is 7.38. The van der Waals surface area contributed by atoms with Crippen LogP contribution in [0.2, 0.25) is 0 Å². The number of carbonyl (C=O) groups is 1. The first-order chi connectivity index (χ1) is 8.56. The van der Waals surface area contributed by atoms with E-state index in [2.05, 4.69) is 24.1 Å². The van der Waals surface area contributed by atoms with Gasteiger partial charge in [-0.1, -0.05) is 20.3 Å². The van der Waals surface area contributed by atoms with E-state index in [9.17, 15) is 4.79 Å². The number of hydrogen-bond donors (Lipinski definition) is 2. The van der Waals surface area contributed by atoms with E-state index in [1.54, 1.807) is 11.3 Å². The Morgan fingerprint density at radius 1 is 1.56 bits per heavy atom. The van der Waals surface area contributed by atoms with Gasteiger partial charge in [0, 0.05) is 23.5 Å². The monoisotopic (exact) mass is 269 g/mol. The van der Waals surface area contributed by atoms with Crippen molar-refractivity contribution in [3.05, 3.63) is 16.1 Å². The van der Waals surface area contributed by atoms with Crippen LogP contribution in [0, 0.1) is 0 Å². The molecule has 5 heteroatoms. The minimum atomic E-state index is -0.0373. The number of amides is 1. The van der Waals surface area contributed by atoms with Gasteiger partial charge in [0.15, 0.2) is 0 Å². The van der Waals surface area contributed by atoms with Gasteiger partial charge >= 0.3 is 0 Å². The number of hydrogen-bond acceptors (Lipinski definition) is 4. The second-order valence-corrected chi connectivity index (χ2v) is 5.71. The minimum Gasteiger partial charge on any atom is -0.347 e. The molecule has 0 aliphatic heterocycles. The Morgan fingerprint density at radius 2 is 2.28 bits per heavy atom. The van der Waals surface area contributed by atoms with E-state index in [0.717, 1.165) is 24.3 Å². The second-order valence-electron chi connectivity index (χ2n) is 4.56. The maximum Gasteiger partial charge on any atom is 0.222 e. The fourth-order valence-corrected chi connectivity index (χ4v) is 2.62. The molecule has 102 valence electrons. The maximum absolute atomic E-state index is 11.8. The van der Waals surface area contributed by atoms with E-state index in [4.69, 9.17) is 5.73 Å². The van der Waals surface area contributed by atoms with E-state index in [-0.39, 0.29) is 18.0 Å². The molecule has 1 rings (SSSR count). The van der Waals surface area contributed by atoms with Gasteiger partial charge in [0.25, 0.3) is 0 Å². The van der Waals surface area contributed by atoms with Crippen LogP contribution in [-0.2, 0) is 11.2 Å². The molecular weight excluding hydrogens is 246 g/mol. The Balaban J connectivity index is 2.43. The highest BCUT2D eigenvalue weighted by atomic mass is 32.1. The Labute approximate surface area is 113 Å². The number of rotatable bonds is 7. The number of nitrogens with zero attached hydrogens (tertiary/aromatic N) is 1. The lowest BCUT2D eigenvalue weighted by molar-refractivity contribution is -0.122. The smallest absolute Gasteiger partial charge is 0.222 e. The average molecular weight is 269 g/mol. The normalized spacial score (nSPS) is 14.2. The molecule has 0 aliphatic carbocycles. The van der Waals surface area contributed by atoms with Crippen molar-refractivity contribution in [2.75, 3.05) is 0 Å². The summed E-state index contributed by atoms with van der Waals surface area (Å²) in [7, 11) is 0. The lowest BCUT2D eigenvalue weighted by Crippen LogP contribution is -2.33. The quantitative estimate of drug-likeness (QED) is 0.798. The molecule has 3 N–H and O–H groups in total. The van der Waals surface area contributed by atoms with Gasteiger partial charge < -0.3 is 11.1 Å². The predicted octanol–water partition coefficient (Wildman–Crippen LogP) is 2.40. The number of nitrogens with two attached hydrogens (primary N) is 1. The van der Waals surface area contributed by atoms with Crippen molar-refractivity contribution < 1.29 is 4.79 Å². The predicted molar refractivity (Wildman–Crippen MR) is 75.6 cm³/mol. The van der Waals surface area contributed by atoms with Crippen molar-refractivity contribution >= 4 is 17.2 Å². The van der Waals surface area contributed by atoms with Gasteiger partial charge in [0.2, 0.25) is 5.91 Å². The minimum absolute atomic E-state index is 0.0108. The van der Waals surface area contributed by atoms with Gasteiger partial charge in [0.05, 0.1) is 6.04 Å². The summed E-state index contributed by atoms with van der Waals surface area (Å²) in [4.78, 5) is 17.3. The summed E-state index contributed by atoms with van der Waals surface area (Å²) < 4.78 is 0. The molecule has 0 saturated heterocycles. The fraction of sp³-hybridized carbons (Fsp3) is 0.692. The Hall–Kier alpha value is -0.940. The van der Waals surface area contributed by atoms with Gasteiger partial charge in [-0.15, -0.1) is 11.3 Å². The van der Waals surface area contributed by atoms with Crippen LogP contribution in [0.25, 0.3) is 0 Å². The molecule has 1 aromatic heterocycles. The van der Waals surface area contributed by atoms with Gasteiger partial charge in [-0.3, -0.25) is 4.79 Å². The summed E-state index contributed by atoms with van der Waals surface area (Å²) in [5, 5.41) is 3.91. The molecule has 0 bridgehead atoms. The molecule has 2 atom stereocenters. The molecule has 1 heterocycles. The SMILES string of the molecule is CCCC(N)CC(=O)NC(C)c1ncc(CC)s1. The lowest BCUT2D eigenvalue weighted by Gasteiger charge is -2.14. The highest BCUT2D eigenvalue weighted by molar-refractivity contribution is 7.11. The molecule has 1 amide bonds. The zero-order valence-corrected chi connectivity index (χ0v) is 12.2. The third-order valence-electron chi connectivity index (χ3n) is 2.77. The van der Waals surface area contributed by atoms with Crippen LogP contribution in [0.4, 0.5) is 0 Å². The first-order valence-electron chi connectivity index (χ1n) is 6.56. The van der Waals surface area contributed by atoms with Crippen molar-refractivity contribution in [2.45, 2.75) is 58.5 Å². The summed E-state index contributed by atoms with van der Waals surface area (Å²) >= 11 is 1.66. The third kappa shape index (κ3) is 4.74. The van der Waals surface area contributed by atoms with Gasteiger partial charge in [-0.2, -0.15) is 0 Å². The Kier molecular flexibility index (Phi) is 6.29. The number of carbonyl (C=O) groups excluding carboxylic acids is 1. The molecular formula is C13H23N3OS. The van der Waals surface area contributed by atoms with Gasteiger partial charge in [-0.25, -0.2) is 4.98 Å². The van der Waals surface area contributed by atoms with Crippen molar-refractivity contribution in [2.24, 2.45) is 5.73 Å². The van der Waals surface area contributed by atoms with Crippen LogP contribution in [0.5, 0.6) is 0 Å². The molecule has 0 saturated carbocycles. The highest BCUT2D eigenvalue weighted by Gasteiger charge is 2.15. The number of aromatic nitrogens is 1. The van der Waals surface area contributed by atoms with Crippen LogP contribution in [0.3, 0.4) is 0 Å². The van der Waals surface area contributed by atoms with Crippen LogP contribution in [0.1, 0.15) is 56.0 Å². The van der Waals surface area contributed by atoms with Crippen LogP contribution in [-0.4, -0.2) is 16.9 Å². The van der Waals surface area contributed by atoms with Gasteiger partial charge in [0.1, 0.15) is 5.01 Å². The standard InChI is InChI=1S/C13H23N3OS/c1-4-6-10(14)7-12(17)16-9(3)13-15-8-11(5-2)18-13/h8-10H,4-7,14H2,1-3H3,(H,16,17). The highest BCUT2D eigenvalue weighted by Crippen LogP contribution is 2.20. The number of thiazole rings is 1. The lowest BCUT2D eigenvalue weighted by atomic mass is 10.1. The second kappa shape index (κ2) is 7.48. The zero-order valence-electron chi connectivity index (χ0n) is 11.4. The third-order valence-corrected chi connectivity index (χ3v) is 4.10. The Morgan fingerprint density at radius 3 is 2.83 bits per heavy atom. The zero-order chi connectivity index (χ0) is 13.5. The fourth-order valence-electron chi connectivity index (χ4n) is 1.76. The van der Waals surface area contributed by atoms with Crippen LogP contribution >= 0.6 is 11.3 Å². The van der Waals surface area contributed by atoms with Crippen molar-refractivity contribution in [3.63, 3.8) is 0 Å². The summed E-state index contributed by atoms with van der Waals surface area (Å²) in [6, 6.07) is -0.0682. The van der Waals surface area contributed by atoms with E-state index < -0.39 is 0 Å². The van der Waals surface area contributed by atoms with Crippen LogP contribution in [0.15, 0.2) is 6.20 Å². The Bertz CT molecular complexity index is 378. The molecule has 0 aromatic carbocycles. The number of aryl methyl sites for hydroxylation is 1. The average Bonchev–Trinajstić information content (AvgIpc) is 2.77. The van der Waals surface area contributed by atoms with E-state index in [0.29, 0.717) is 6.42 Å². The number of nitrogens with one attached hydrogen (secondary N) is 1. The molecule has 0 aliphatic rings. The van der Waals surface area contributed by atoms with Crippen molar-refractivity contribution in [1.82, 2.24) is 10.3 Å². The van der Waals surface area contributed by atoms with E-state index in [1.165, 1.54) is 4.88 Å². The van der Waals surface area contributed by atoms with E-state index >= 15 is 0 Å². The summed E-state index contributed by atoms with van der Waals surface area (Å²) in [6.07, 6.45) is 5.16. The topological polar surface area (TPSA) is 68.0 Å².